The van der Waals surface area contributed by atoms with Crippen LogP contribution in [0.1, 0.15) is 271 Å². The molecule has 0 saturated carbocycles. The van der Waals surface area contributed by atoms with Crippen LogP contribution in [0.3, 0.4) is 0 Å². The summed E-state index contributed by atoms with van der Waals surface area (Å²) in [5.41, 5.74) is 0. The monoisotopic (exact) mass is 870 g/mol. The highest BCUT2D eigenvalue weighted by atomic mass is 16.5. The number of hydrogen-bond donors (Lipinski definition) is 3. The third-order valence-electron chi connectivity index (χ3n) is 12.2. The van der Waals surface area contributed by atoms with Crippen LogP contribution >= 0.6 is 0 Å². The van der Waals surface area contributed by atoms with Gasteiger partial charge >= 0.3 is 5.97 Å². The highest BCUT2D eigenvalue weighted by molar-refractivity contribution is 5.77. The van der Waals surface area contributed by atoms with E-state index in [0.717, 1.165) is 83.5 Å². The van der Waals surface area contributed by atoms with Gasteiger partial charge in [0, 0.05) is 6.42 Å². The van der Waals surface area contributed by atoms with Gasteiger partial charge in [-0.25, -0.2) is 0 Å². The zero-order valence-electron chi connectivity index (χ0n) is 41.3. The molecular formula is C56H103NO5. The fourth-order valence-corrected chi connectivity index (χ4v) is 8.07. The van der Waals surface area contributed by atoms with Crippen LogP contribution in [0.2, 0.25) is 0 Å². The summed E-state index contributed by atoms with van der Waals surface area (Å²) < 4.78 is 5.93. The number of carbonyl (C=O) groups is 2. The smallest absolute Gasteiger partial charge is 0.306 e. The van der Waals surface area contributed by atoms with Crippen molar-refractivity contribution < 1.29 is 24.5 Å². The predicted octanol–water partition coefficient (Wildman–Crippen LogP) is 16.2. The van der Waals surface area contributed by atoms with Gasteiger partial charge in [0.2, 0.25) is 5.91 Å². The van der Waals surface area contributed by atoms with Crippen LogP contribution < -0.4 is 5.32 Å². The van der Waals surface area contributed by atoms with Crippen LogP contribution in [0.25, 0.3) is 0 Å². The van der Waals surface area contributed by atoms with Crippen LogP contribution in [0, 0.1) is 0 Å². The van der Waals surface area contributed by atoms with E-state index in [0.29, 0.717) is 19.3 Å². The third-order valence-corrected chi connectivity index (χ3v) is 12.2. The second kappa shape index (κ2) is 49.8. The average Bonchev–Trinajstić information content (AvgIpc) is 3.26. The topological polar surface area (TPSA) is 95.9 Å². The number of nitrogens with one attached hydrogen (secondary N) is 1. The number of allylic oxidation sites excluding steroid dienone is 8. The number of esters is 1. The lowest BCUT2D eigenvalue weighted by molar-refractivity contribution is -0.151. The molecular weight excluding hydrogens is 767 g/mol. The maximum absolute atomic E-state index is 13.2. The Bertz CT molecular complexity index is 1070. The molecule has 0 aliphatic heterocycles. The van der Waals surface area contributed by atoms with E-state index in [4.69, 9.17) is 4.74 Å². The highest BCUT2D eigenvalue weighted by Gasteiger charge is 2.24. The molecule has 0 aliphatic rings. The van der Waals surface area contributed by atoms with Crippen molar-refractivity contribution in [2.75, 3.05) is 6.61 Å². The molecule has 0 spiro atoms. The Morgan fingerprint density at radius 2 is 0.839 bits per heavy atom. The first-order chi connectivity index (χ1) is 30.5. The Kier molecular flexibility index (Phi) is 48.1. The second-order valence-electron chi connectivity index (χ2n) is 18.3. The predicted molar refractivity (Wildman–Crippen MR) is 269 cm³/mol. The number of ether oxygens (including phenoxy) is 1. The normalized spacial score (nSPS) is 13.6. The molecule has 1 amide bonds. The third kappa shape index (κ3) is 44.4. The molecule has 3 unspecified atom stereocenters. The molecule has 0 aromatic heterocycles. The van der Waals surface area contributed by atoms with Gasteiger partial charge < -0.3 is 20.3 Å². The number of aliphatic hydroxyl groups excluding tert-OH is 2. The zero-order valence-corrected chi connectivity index (χ0v) is 41.3. The maximum atomic E-state index is 13.2. The molecule has 3 atom stereocenters. The number of carbonyl (C=O) groups excluding carboxylic acids is 2. The van der Waals surface area contributed by atoms with E-state index in [1.54, 1.807) is 0 Å². The van der Waals surface area contributed by atoms with E-state index in [1.807, 2.05) is 0 Å². The Morgan fingerprint density at radius 3 is 1.29 bits per heavy atom. The number of hydrogen-bond acceptors (Lipinski definition) is 5. The first kappa shape index (κ1) is 59.8. The van der Waals surface area contributed by atoms with Gasteiger partial charge in [0.15, 0.2) is 0 Å². The van der Waals surface area contributed by atoms with Crippen molar-refractivity contribution in [2.24, 2.45) is 0 Å². The van der Waals surface area contributed by atoms with Crippen LogP contribution in [0.4, 0.5) is 0 Å². The second-order valence-corrected chi connectivity index (χ2v) is 18.3. The minimum absolute atomic E-state index is 0.0642. The van der Waals surface area contributed by atoms with Crippen molar-refractivity contribution in [3.05, 3.63) is 48.6 Å². The summed E-state index contributed by atoms with van der Waals surface area (Å²) in [6, 6.07) is -0.708. The first-order valence-corrected chi connectivity index (χ1v) is 26.9. The molecule has 6 nitrogen and oxygen atoms in total. The van der Waals surface area contributed by atoms with E-state index in [-0.39, 0.29) is 24.9 Å². The molecule has 62 heavy (non-hydrogen) atoms. The summed E-state index contributed by atoms with van der Waals surface area (Å²) in [5, 5.41) is 23.8. The largest absolute Gasteiger partial charge is 0.462 e. The van der Waals surface area contributed by atoms with Gasteiger partial charge in [0.05, 0.1) is 25.2 Å². The van der Waals surface area contributed by atoms with E-state index in [1.165, 1.54) is 141 Å². The number of amides is 1. The minimum atomic E-state index is -0.793. The molecule has 3 N–H and O–H groups in total. The summed E-state index contributed by atoms with van der Waals surface area (Å²) in [7, 11) is 0. The van der Waals surface area contributed by atoms with Crippen molar-refractivity contribution >= 4 is 11.9 Å². The minimum Gasteiger partial charge on any atom is -0.462 e. The summed E-state index contributed by atoms with van der Waals surface area (Å²) in [5.74, 6) is -0.499. The van der Waals surface area contributed by atoms with Gasteiger partial charge in [-0.15, -0.1) is 0 Å². The van der Waals surface area contributed by atoms with Gasteiger partial charge in [-0.2, -0.15) is 0 Å². The summed E-state index contributed by atoms with van der Waals surface area (Å²) in [6.07, 6.45) is 60.2. The van der Waals surface area contributed by atoms with E-state index >= 15 is 0 Å². The molecule has 0 aromatic carbocycles. The molecule has 0 bridgehead atoms. The molecule has 0 fully saturated rings. The summed E-state index contributed by atoms with van der Waals surface area (Å²) in [6.45, 7) is 6.45. The van der Waals surface area contributed by atoms with Crippen LogP contribution in [0.5, 0.6) is 0 Å². The van der Waals surface area contributed by atoms with Crippen LogP contribution in [0.15, 0.2) is 48.6 Å². The van der Waals surface area contributed by atoms with Crippen LogP contribution in [-0.2, 0) is 14.3 Å². The van der Waals surface area contributed by atoms with E-state index < -0.39 is 18.2 Å². The van der Waals surface area contributed by atoms with Crippen LogP contribution in [-0.4, -0.2) is 46.9 Å². The van der Waals surface area contributed by atoms with Gasteiger partial charge in [0.25, 0.3) is 0 Å². The van der Waals surface area contributed by atoms with Gasteiger partial charge in [-0.3, -0.25) is 9.59 Å². The van der Waals surface area contributed by atoms with Crippen molar-refractivity contribution in [1.82, 2.24) is 5.32 Å². The fourth-order valence-electron chi connectivity index (χ4n) is 8.07. The van der Waals surface area contributed by atoms with E-state index in [9.17, 15) is 19.8 Å². The number of unbranched alkanes of at least 4 members (excludes halogenated alkanes) is 30. The van der Waals surface area contributed by atoms with Gasteiger partial charge in [-0.1, -0.05) is 230 Å². The Morgan fingerprint density at radius 1 is 0.468 bits per heavy atom. The van der Waals surface area contributed by atoms with Crippen molar-refractivity contribution in [3.63, 3.8) is 0 Å². The standard InChI is InChI=1S/C56H103NO5/c1-4-7-10-13-16-19-22-25-26-27-28-29-31-34-37-40-43-46-49-56(61)62-52(47-44-41-38-35-32-30-23-20-17-14-11-8-5-2)50-55(60)57-53(51-58)54(59)48-45-42-39-36-33-24-21-18-15-12-9-6-3/h20,22-23,25-29,52-54,58-59H,4-19,21,24,30-51H2,1-3H3,(H,57,60)/b23-20-,25-22+,27-26+,29-28+. The van der Waals surface area contributed by atoms with Crippen molar-refractivity contribution in [3.8, 4) is 0 Å². The lowest BCUT2D eigenvalue weighted by Crippen LogP contribution is -2.46. The van der Waals surface area contributed by atoms with Crippen molar-refractivity contribution in [2.45, 2.75) is 289 Å². The molecule has 362 valence electrons. The summed E-state index contributed by atoms with van der Waals surface area (Å²) >= 11 is 0. The molecule has 0 radical (unpaired) electrons. The van der Waals surface area contributed by atoms with Gasteiger partial charge in [-0.05, 0) is 77.0 Å². The Labute approximate surface area is 385 Å². The number of aliphatic hydroxyl groups is 2. The fraction of sp³-hybridized carbons (Fsp3) is 0.821. The summed E-state index contributed by atoms with van der Waals surface area (Å²) in [4.78, 5) is 26.2. The molecule has 0 heterocycles. The Hall–Kier alpha value is -2.18. The Balaban J connectivity index is 4.60. The maximum Gasteiger partial charge on any atom is 0.306 e. The SMILES string of the molecule is CCCCCC/C=C\CCCCCCCC(CC(=O)NC(CO)C(O)CCCCCCCCCCCCCC)OC(=O)CCCCCCC/C=C/C=C/C=C/CCCCCCC. The van der Waals surface area contributed by atoms with E-state index in [2.05, 4.69) is 74.7 Å². The molecule has 0 aliphatic carbocycles. The lowest BCUT2D eigenvalue weighted by atomic mass is 10.0. The number of rotatable bonds is 48. The molecule has 0 rings (SSSR count). The lowest BCUT2D eigenvalue weighted by Gasteiger charge is -2.24. The quantitative estimate of drug-likeness (QED) is 0.0245. The van der Waals surface area contributed by atoms with Gasteiger partial charge in [0.1, 0.15) is 6.10 Å². The molecule has 6 heteroatoms. The zero-order chi connectivity index (χ0) is 45.2. The first-order valence-electron chi connectivity index (χ1n) is 26.9. The highest BCUT2D eigenvalue weighted by Crippen LogP contribution is 2.18. The van der Waals surface area contributed by atoms with Crippen molar-refractivity contribution in [1.29, 1.82) is 0 Å². The average molecular weight is 870 g/mol. The molecule has 0 saturated heterocycles. The molecule has 0 aromatic rings.